The van der Waals surface area contributed by atoms with E-state index in [4.69, 9.17) is 4.74 Å². The maximum absolute atomic E-state index is 13.1. The van der Waals surface area contributed by atoms with E-state index in [2.05, 4.69) is 39.9 Å². The van der Waals surface area contributed by atoms with Crippen molar-refractivity contribution in [3.05, 3.63) is 36.0 Å². The number of methoxy groups -OCH3 is 1. The van der Waals surface area contributed by atoms with Gasteiger partial charge >= 0.3 is 0 Å². The Morgan fingerprint density at radius 1 is 1.17 bits per heavy atom. The topological polar surface area (TPSA) is 37.7 Å². The third kappa shape index (κ3) is 4.51. The van der Waals surface area contributed by atoms with Crippen molar-refractivity contribution in [3.8, 4) is 0 Å². The molecule has 2 aliphatic rings. The highest BCUT2D eigenvalue weighted by molar-refractivity contribution is 5.89. The Morgan fingerprint density at radius 3 is 2.86 bits per heavy atom. The lowest BCUT2D eigenvalue weighted by Crippen LogP contribution is -2.51. The number of aromatic nitrogens is 1. The number of likely N-dealkylation sites (N-methyl/N-ethyl adjacent to an activating group) is 1. The molecule has 1 aromatic carbocycles. The van der Waals surface area contributed by atoms with Gasteiger partial charge in [-0.25, -0.2) is 0 Å². The van der Waals surface area contributed by atoms with Crippen molar-refractivity contribution in [2.45, 2.75) is 51.1 Å². The number of carbonyl (C=O) groups excluding carboxylic acids is 1. The molecule has 0 unspecified atom stereocenters. The number of amides is 1. The van der Waals surface area contributed by atoms with Gasteiger partial charge in [-0.2, -0.15) is 0 Å². The Kier molecular flexibility index (Phi) is 6.56. The molecule has 4 rings (SSSR count). The fourth-order valence-electron chi connectivity index (χ4n) is 5.38. The number of para-hydroxylation sites is 1. The summed E-state index contributed by atoms with van der Waals surface area (Å²) >= 11 is 0. The van der Waals surface area contributed by atoms with Crippen LogP contribution in [0, 0.1) is 5.92 Å². The lowest BCUT2D eigenvalue weighted by molar-refractivity contribution is -0.130. The van der Waals surface area contributed by atoms with E-state index < -0.39 is 0 Å². The lowest BCUT2D eigenvalue weighted by Gasteiger charge is -2.45. The quantitative estimate of drug-likeness (QED) is 0.717. The average Bonchev–Trinajstić information content (AvgIpc) is 3.10. The second-order valence-electron chi connectivity index (χ2n) is 8.81. The van der Waals surface area contributed by atoms with E-state index in [1.54, 1.807) is 7.11 Å². The molecule has 1 aromatic heterocycles. The molecule has 0 bridgehead atoms. The zero-order chi connectivity index (χ0) is 20.2. The van der Waals surface area contributed by atoms with Gasteiger partial charge in [0.2, 0.25) is 5.91 Å². The van der Waals surface area contributed by atoms with Gasteiger partial charge in [-0.05, 0) is 56.3 Å². The van der Waals surface area contributed by atoms with Gasteiger partial charge in [0.05, 0.1) is 13.0 Å². The summed E-state index contributed by atoms with van der Waals surface area (Å²) in [5, 5.41) is 1.18. The van der Waals surface area contributed by atoms with Gasteiger partial charge in [-0.15, -0.1) is 0 Å². The van der Waals surface area contributed by atoms with Gasteiger partial charge in [-0.1, -0.05) is 24.6 Å². The zero-order valence-electron chi connectivity index (χ0n) is 18.0. The highest BCUT2D eigenvalue weighted by Gasteiger charge is 2.34. The molecule has 5 heteroatoms. The molecule has 0 spiro atoms. The van der Waals surface area contributed by atoms with E-state index in [-0.39, 0.29) is 5.91 Å². The Morgan fingerprint density at radius 2 is 2.00 bits per heavy atom. The van der Waals surface area contributed by atoms with Gasteiger partial charge in [0.1, 0.15) is 0 Å². The van der Waals surface area contributed by atoms with Crippen molar-refractivity contribution in [1.29, 1.82) is 0 Å². The second kappa shape index (κ2) is 9.31. The van der Waals surface area contributed by atoms with E-state index in [1.165, 1.54) is 56.1 Å². The highest BCUT2D eigenvalue weighted by Crippen LogP contribution is 2.31. The summed E-state index contributed by atoms with van der Waals surface area (Å²) in [5.74, 6) is 0.855. The van der Waals surface area contributed by atoms with E-state index in [9.17, 15) is 4.79 Å². The van der Waals surface area contributed by atoms with E-state index in [1.807, 2.05) is 11.9 Å². The Hall–Kier alpha value is -1.85. The van der Waals surface area contributed by atoms with Crippen molar-refractivity contribution in [2.75, 3.05) is 40.4 Å². The van der Waals surface area contributed by atoms with Crippen LogP contribution in [-0.4, -0.2) is 66.7 Å². The van der Waals surface area contributed by atoms with Crippen molar-refractivity contribution in [2.24, 2.45) is 5.92 Å². The summed E-state index contributed by atoms with van der Waals surface area (Å²) in [4.78, 5) is 17.8. The van der Waals surface area contributed by atoms with Crippen LogP contribution in [0.1, 0.15) is 37.7 Å². The van der Waals surface area contributed by atoms with Gasteiger partial charge in [0.25, 0.3) is 0 Å². The minimum absolute atomic E-state index is 0.229. The minimum atomic E-state index is 0.229. The fourth-order valence-corrected chi connectivity index (χ4v) is 5.38. The number of hydrogen-bond acceptors (Lipinski definition) is 3. The largest absolute Gasteiger partial charge is 0.383 e. The molecule has 5 nitrogen and oxygen atoms in total. The Labute approximate surface area is 174 Å². The molecule has 0 radical (unpaired) electrons. The standard InChI is InChI=1S/C24H35N3O2/c1-25(17-19-8-7-13-26-12-6-5-10-22(19)26)24(28)16-20-18-27(14-15-29-2)23-11-4-3-9-21(20)23/h3-4,9,11,18-19,22H,5-8,10,12-17H2,1-2H3/t19-,22+/m0/s1. The van der Waals surface area contributed by atoms with Crippen LogP contribution in [0.5, 0.6) is 0 Å². The molecule has 2 aliphatic heterocycles. The molecule has 2 saturated heterocycles. The van der Waals surface area contributed by atoms with E-state index in [0.717, 1.165) is 18.7 Å². The molecule has 2 aromatic rings. The molecule has 2 fully saturated rings. The predicted octanol–water partition coefficient (Wildman–Crippen LogP) is 3.55. The average molecular weight is 398 g/mol. The van der Waals surface area contributed by atoms with Crippen LogP contribution in [-0.2, 0) is 22.5 Å². The molecule has 1 amide bonds. The zero-order valence-corrected chi connectivity index (χ0v) is 18.0. The molecule has 0 saturated carbocycles. The molecule has 0 N–H and O–H groups in total. The predicted molar refractivity (Wildman–Crippen MR) is 117 cm³/mol. The second-order valence-corrected chi connectivity index (χ2v) is 8.81. The number of ether oxygens (including phenoxy) is 1. The molecule has 29 heavy (non-hydrogen) atoms. The van der Waals surface area contributed by atoms with Crippen LogP contribution in [0.25, 0.3) is 10.9 Å². The summed E-state index contributed by atoms with van der Waals surface area (Å²) < 4.78 is 7.46. The Bertz CT molecular complexity index is 829. The Balaban J connectivity index is 1.43. The van der Waals surface area contributed by atoms with Gasteiger partial charge in [0.15, 0.2) is 0 Å². The first-order valence-electron chi connectivity index (χ1n) is 11.2. The molecule has 0 aliphatic carbocycles. The third-order valence-electron chi connectivity index (χ3n) is 6.91. The summed E-state index contributed by atoms with van der Waals surface area (Å²) in [5.41, 5.74) is 2.30. The van der Waals surface area contributed by atoms with Crippen LogP contribution >= 0.6 is 0 Å². The lowest BCUT2D eigenvalue weighted by atomic mass is 9.83. The highest BCUT2D eigenvalue weighted by atomic mass is 16.5. The summed E-state index contributed by atoms with van der Waals surface area (Å²) in [6, 6.07) is 9.05. The molecule has 3 heterocycles. The number of piperidine rings is 2. The van der Waals surface area contributed by atoms with Crippen LogP contribution in [0.2, 0.25) is 0 Å². The van der Waals surface area contributed by atoms with Crippen LogP contribution in [0.15, 0.2) is 30.5 Å². The van der Waals surface area contributed by atoms with Crippen LogP contribution in [0.3, 0.4) is 0 Å². The van der Waals surface area contributed by atoms with Crippen LogP contribution in [0.4, 0.5) is 0 Å². The monoisotopic (exact) mass is 397 g/mol. The molecular formula is C24H35N3O2. The maximum atomic E-state index is 13.1. The van der Waals surface area contributed by atoms with Gasteiger partial charge < -0.3 is 19.1 Å². The van der Waals surface area contributed by atoms with Crippen molar-refractivity contribution >= 4 is 16.8 Å². The minimum Gasteiger partial charge on any atom is -0.383 e. The smallest absolute Gasteiger partial charge is 0.226 e. The van der Waals surface area contributed by atoms with Crippen molar-refractivity contribution < 1.29 is 9.53 Å². The van der Waals surface area contributed by atoms with Crippen molar-refractivity contribution in [3.63, 3.8) is 0 Å². The fraction of sp³-hybridized carbons (Fsp3) is 0.625. The summed E-state index contributed by atoms with van der Waals surface area (Å²) in [6.07, 6.45) is 9.13. The summed E-state index contributed by atoms with van der Waals surface area (Å²) in [6.45, 7) is 4.87. The third-order valence-corrected chi connectivity index (χ3v) is 6.91. The van der Waals surface area contributed by atoms with E-state index in [0.29, 0.717) is 25.0 Å². The number of fused-ring (bicyclic) bond motifs is 2. The number of hydrogen-bond donors (Lipinski definition) is 0. The normalized spacial score (nSPS) is 22.6. The van der Waals surface area contributed by atoms with Gasteiger partial charge in [-0.3, -0.25) is 4.79 Å². The number of carbonyl (C=O) groups is 1. The number of nitrogens with zero attached hydrogens (tertiary/aromatic N) is 3. The first kappa shape index (κ1) is 20.4. The summed E-state index contributed by atoms with van der Waals surface area (Å²) in [7, 11) is 3.72. The first-order chi connectivity index (χ1) is 14.2. The van der Waals surface area contributed by atoms with Crippen molar-refractivity contribution in [1.82, 2.24) is 14.4 Å². The maximum Gasteiger partial charge on any atom is 0.226 e. The molecular weight excluding hydrogens is 362 g/mol. The van der Waals surface area contributed by atoms with Gasteiger partial charge in [0, 0.05) is 50.4 Å². The SMILES string of the molecule is COCCn1cc(CC(=O)N(C)C[C@@H]2CCCN3CCCC[C@H]23)c2ccccc21. The van der Waals surface area contributed by atoms with E-state index >= 15 is 0 Å². The number of rotatable bonds is 7. The first-order valence-corrected chi connectivity index (χ1v) is 11.2. The molecule has 158 valence electrons. The molecule has 2 atom stereocenters. The number of benzene rings is 1. The van der Waals surface area contributed by atoms with Crippen LogP contribution < -0.4 is 0 Å².